The Kier molecular flexibility index (Phi) is 6.64. The fourth-order valence-electron chi connectivity index (χ4n) is 2.81. The molecule has 2 aromatic carbocycles. The molecule has 0 unspecified atom stereocenters. The van der Waals surface area contributed by atoms with Crippen LogP contribution in [0, 0.1) is 0 Å². The standard InChI is InChI=1S/C21H16ClF3N2O5/c1-30-17-9-11(8-14(22)18(17)31-2)19(28)27-15-6-5-12(10-13(15)21(23,24)25)26-20(29)16-4-3-7-32-16/h3-10H,1-2H3,(H,26,29)(H,27,28). The number of furan rings is 1. The van der Waals surface area contributed by atoms with Crippen molar-refractivity contribution in [2.45, 2.75) is 6.18 Å². The molecule has 0 aliphatic heterocycles. The summed E-state index contributed by atoms with van der Waals surface area (Å²) in [6.45, 7) is 0. The smallest absolute Gasteiger partial charge is 0.418 e. The Balaban J connectivity index is 1.90. The first-order valence-electron chi connectivity index (χ1n) is 8.93. The third kappa shape index (κ3) is 4.97. The Bertz CT molecular complexity index is 1150. The number of rotatable bonds is 6. The van der Waals surface area contributed by atoms with Crippen LogP contribution in [0.3, 0.4) is 0 Å². The number of carbonyl (C=O) groups is 2. The minimum Gasteiger partial charge on any atom is -0.493 e. The summed E-state index contributed by atoms with van der Waals surface area (Å²) >= 11 is 6.06. The van der Waals surface area contributed by atoms with Gasteiger partial charge in [-0.05, 0) is 42.5 Å². The van der Waals surface area contributed by atoms with E-state index in [-0.39, 0.29) is 33.5 Å². The van der Waals surface area contributed by atoms with Crippen molar-refractivity contribution in [3.8, 4) is 11.5 Å². The highest BCUT2D eigenvalue weighted by Gasteiger charge is 2.34. The van der Waals surface area contributed by atoms with Gasteiger partial charge in [0, 0.05) is 11.3 Å². The van der Waals surface area contributed by atoms with Crippen molar-refractivity contribution >= 4 is 34.8 Å². The summed E-state index contributed by atoms with van der Waals surface area (Å²) in [6.07, 6.45) is -3.56. The summed E-state index contributed by atoms with van der Waals surface area (Å²) in [4.78, 5) is 24.7. The monoisotopic (exact) mass is 468 g/mol. The average molecular weight is 469 g/mol. The van der Waals surface area contributed by atoms with Crippen LogP contribution < -0.4 is 20.1 Å². The topological polar surface area (TPSA) is 89.8 Å². The van der Waals surface area contributed by atoms with E-state index in [4.69, 9.17) is 25.5 Å². The van der Waals surface area contributed by atoms with E-state index in [1.165, 1.54) is 50.8 Å². The molecule has 0 atom stereocenters. The summed E-state index contributed by atoms with van der Waals surface area (Å²) in [5, 5.41) is 4.57. The zero-order valence-electron chi connectivity index (χ0n) is 16.7. The number of nitrogens with one attached hydrogen (secondary N) is 2. The molecule has 0 saturated heterocycles. The summed E-state index contributed by atoms with van der Waals surface area (Å²) in [5.41, 5.74) is -1.85. The molecule has 7 nitrogen and oxygen atoms in total. The fraction of sp³-hybridized carbons (Fsp3) is 0.143. The van der Waals surface area contributed by atoms with E-state index in [1.807, 2.05) is 0 Å². The molecule has 0 spiro atoms. The van der Waals surface area contributed by atoms with Crippen LogP contribution in [-0.4, -0.2) is 26.0 Å². The van der Waals surface area contributed by atoms with E-state index in [1.54, 1.807) is 0 Å². The molecular weight excluding hydrogens is 453 g/mol. The molecule has 2 N–H and O–H groups in total. The van der Waals surface area contributed by atoms with Gasteiger partial charge in [0.2, 0.25) is 0 Å². The number of hydrogen-bond acceptors (Lipinski definition) is 5. The van der Waals surface area contributed by atoms with Gasteiger partial charge in [-0.2, -0.15) is 13.2 Å². The van der Waals surface area contributed by atoms with Crippen molar-refractivity contribution in [2.75, 3.05) is 24.9 Å². The number of ether oxygens (including phenoxy) is 2. The lowest BCUT2D eigenvalue weighted by atomic mass is 10.1. The lowest BCUT2D eigenvalue weighted by molar-refractivity contribution is -0.136. The number of amides is 2. The quantitative estimate of drug-likeness (QED) is 0.500. The van der Waals surface area contributed by atoms with Gasteiger partial charge in [0.25, 0.3) is 11.8 Å². The van der Waals surface area contributed by atoms with Crippen LogP contribution in [-0.2, 0) is 6.18 Å². The number of anilines is 2. The summed E-state index contributed by atoms with van der Waals surface area (Å²) in [5.74, 6) is -1.33. The van der Waals surface area contributed by atoms with E-state index >= 15 is 0 Å². The molecule has 1 aromatic heterocycles. The minimum absolute atomic E-state index is 0.0454. The molecule has 0 saturated carbocycles. The van der Waals surface area contributed by atoms with Crippen molar-refractivity contribution in [2.24, 2.45) is 0 Å². The van der Waals surface area contributed by atoms with E-state index in [2.05, 4.69) is 10.6 Å². The first kappa shape index (κ1) is 23.0. The number of alkyl halides is 3. The SMILES string of the molecule is COc1cc(C(=O)Nc2ccc(NC(=O)c3ccco3)cc2C(F)(F)F)cc(Cl)c1OC. The number of hydrogen-bond donors (Lipinski definition) is 2. The highest BCUT2D eigenvalue weighted by atomic mass is 35.5. The van der Waals surface area contributed by atoms with Crippen molar-refractivity contribution < 1.29 is 36.7 Å². The predicted molar refractivity (Wildman–Crippen MR) is 111 cm³/mol. The third-order valence-corrected chi connectivity index (χ3v) is 4.55. The Morgan fingerprint density at radius 3 is 2.34 bits per heavy atom. The molecule has 0 radical (unpaired) electrons. The van der Waals surface area contributed by atoms with Crippen molar-refractivity contribution in [3.05, 3.63) is 70.6 Å². The molecule has 32 heavy (non-hydrogen) atoms. The molecule has 0 fully saturated rings. The average Bonchev–Trinajstić information content (AvgIpc) is 3.28. The molecule has 3 rings (SSSR count). The van der Waals surface area contributed by atoms with Crippen LogP contribution in [0.5, 0.6) is 11.5 Å². The molecular formula is C21H16ClF3N2O5. The van der Waals surface area contributed by atoms with Crippen molar-refractivity contribution in [1.29, 1.82) is 0 Å². The van der Waals surface area contributed by atoms with Gasteiger partial charge in [-0.3, -0.25) is 9.59 Å². The number of methoxy groups -OCH3 is 2. The highest BCUT2D eigenvalue weighted by Crippen LogP contribution is 2.38. The predicted octanol–water partition coefficient (Wildman–Crippen LogP) is 5.47. The fourth-order valence-corrected chi connectivity index (χ4v) is 3.10. The Labute approximate surface area is 185 Å². The van der Waals surface area contributed by atoms with Crippen LogP contribution >= 0.6 is 11.6 Å². The zero-order valence-corrected chi connectivity index (χ0v) is 17.4. The first-order chi connectivity index (χ1) is 15.1. The molecule has 11 heteroatoms. The van der Waals surface area contributed by atoms with E-state index < -0.39 is 29.2 Å². The lowest BCUT2D eigenvalue weighted by Crippen LogP contribution is -2.18. The molecule has 1 heterocycles. The van der Waals surface area contributed by atoms with Crippen molar-refractivity contribution in [3.63, 3.8) is 0 Å². The third-order valence-electron chi connectivity index (χ3n) is 4.27. The first-order valence-corrected chi connectivity index (χ1v) is 9.30. The van der Waals surface area contributed by atoms with Gasteiger partial charge in [0.1, 0.15) is 0 Å². The van der Waals surface area contributed by atoms with Gasteiger partial charge in [0.15, 0.2) is 17.3 Å². The Hall–Kier alpha value is -3.66. The second-order valence-corrected chi connectivity index (χ2v) is 6.74. The molecule has 168 valence electrons. The number of carbonyl (C=O) groups excluding carboxylic acids is 2. The van der Waals surface area contributed by atoms with Gasteiger partial charge >= 0.3 is 6.18 Å². The molecule has 0 aliphatic carbocycles. The largest absolute Gasteiger partial charge is 0.493 e. The summed E-state index contributed by atoms with van der Waals surface area (Å²) in [6, 6.07) is 8.30. The summed E-state index contributed by atoms with van der Waals surface area (Å²) in [7, 11) is 2.68. The van der Waals surface area contributed by atoms with Gasteiger partial charge in [0.05, 0.1) is 36.8 Å². The van der Waals surface area contributed by atoms with Crippen molar-refractivity contribution in [1.82, 2.24) is 0 Å². The van der Waals surface area contributed by atoms with E-state index in [0.717, 1.165) is 6.07 Å². The highest BCUT2D eigenvalue weighted by molar-refractivity contribution is 6.32. The van der Waals surface area contributed by atoms with E-state index in [0.29, 0.717) is 6.07 Å². The maximum atomic E-state index is 13.6. The van der Waals surface area contributed by atoms with Gasteiger partial charge in [-0.25, -0.2) is 0 Å². The van der Waals surface area contributed by atoms with E-state index in [9.17, 15) is 22.8 Å². The number of halogens is 4. The Morgan fingerprint density at radius 2 is 1.75 bits per heavy atom. The summed E-state index contributed by atoms with van der Waals surface area (Å²) < 4.78 is 56.0. The van der Waals surface area contributed by atoms with Crippen LogP contribution in [0.1, 0.15) is 26.5 Å². The Morgan fingerprint density at radius 1 is 1.00 bits per heavy atom. The number of benzene rings is 2. The van der Waals surface area contributed by atoms with Gasteiger partial charge in [-0.1, -0.05) is 11.6 Å². The van der Waals surface area contributed by atoms with Gasteiger partial charge < -0.3 is 24.5 Å². The lowest BCUT2D eigenvalue weighted by Gasteiger charge is -2.16. The molecule has 0 aliphatic rings. The maximum Gasteiger partial charge on any atom is 0.418 e. The van der Waals surface area contributed by atoms with Crippen LogP contribution in [0.15, 0.2) is 53.1 Å². The van der Waals surface area contributed by atoms with Gasteiger partial charge in [-0.15, -0.1) is 0 Å². The normalized spacial score (nSPS) is 11.1. The zero-order chi connectivity index (χ0) is 23.5. The van der Waals surface area contributed by atoms with Crippen LogP contribution in [0.25, 0.3) is 0 Å². The molecule has 2 amide bonds. The maximum absolute atomic E-state index is 13.6. The molecule has 3 aromatic rings. The second-order valence-electron chi connectivity index (χ2n) is 6.34. The minimum atomic E-state index is -4.82. The van der Waals surface area contributed by atoms with Crippen LogP contribution in [0.2, 0.25) is 5.02 Å². The van der Waals surface area contributed by atoms with Crippen LogP contribution in [0.4, 0.5) is 24.5 Å². The molecule has 0 bridgehead atoms. The second kappa shape index (κ2) is 9.23.